The van der Waals surface area contributed by atoms with Crippen molar-refractivity contribution in [2.24, 2.45) is 0 Å². The minimum absolute atomic E-state index is 0.192. The third-order valence-electron chi connectivity index (χ3n) is 1.34. The summed E-state index contributed by atoms with van der Waals surface area (Å²) in [5.41, 5.74) is 0. The zero-order valence-corrected chi connectivity index (χ0v) is 6.63. The van der Waals surface area contributed by atoms with E-state index < -0.39 is 13.3 Å². The average molecular weight is 168 g/mol. The van der Waals surface area contributed by atoms with E-state index in [-0.39, 0.29) is 6.16 Å². The quantitative estimate of drug-likeness (QED) is 0.379. The molecule has 0 spiro atoms. The van der Waals surface area contributed by atoms with Crippen LogP contribution in [0.5, 0.6) is 0 Å². The number of rotatable bonds is 3. The third kappa shape index (κ3) is 1.27. The van der Waals surface area contributed by atoms with Gasteiger partial charge in [-0.25, -0.2) is 0 Å². The minimum atomic E-state index is -3.05. The second kappa shape index (κ2) is 1.89. The van der Waals surface area contributed by atoms with Gasteiger partial charge in [0.2, 0.25) is 0 Å². The number of hydrogen-bond donors (Lipinski definition) is 1. The SMILES string of the molecule is COP1(C)(CC(=O)O)OO1. The van der Waals surface area contributed by atoms with Crippen molar-refractivity contribution in [1.29, 1.82) is 0 Å². The molecule has 0 aromatic rings. The first kappa shape index (κ1) is 7.88. The monoisotopic (exact) mass is 168 g/mol. The fourth-order valence-electron chi connectivity index (χ4n) is 0.550. The molecule has 5 nitrogen and oxygen atoms in total. The van der Waals surface area contributed by atoms with Crippen molar-refractivity contribution in [2.45, 2.75) is 0 Å². The molecule has 1 rings (SSSR count). The van der Waals surface area contributed by atoms with Gasteiger partial charge in [-0.05, 0) is 0 Å². The fraction of sp³-hybridized carbons (Fsp3) is 0.750. The number of carboxylic acid groups (broad SMARTS) is 1. The summed E-state index contributed by atoms with van der Waals surface area (Å²) in [6, 6.07) is 0. The molecule has 1 N–H and O–H groups in total. The van der Waals surface area contributed by atoms with Gasteiger partial charge in [-0.1, -0.05) is 0 Å². The van der Waals surface area contributed by atoms with E-state index in [0.29, 0.717) is 0 Å². The van der Waals surface area contributed by atoms with E-state index >= 15 is 0 Å². The molecule has 1 saturated heterocycles. The van der Waals surface area contributed by atoms with Gasteiger partial charge in [0.05, 0.1) is 0 Å². The van der Waals surface area contributed by atoms with Gasteiger partial charge in [0.15, 0.2) is 0 Å². The number of aliphatic carboxylic acids is 1. The topological polar surface area (TPSA) is 71.6 Å². The Labute approximate surface area is 58.0 Å². The van der Waals surface area contributed by atoms with Crippen molar-refractivity contribution in [1.82, 2.24) is 0 Å². The first-order chi connectivity index (χ1) is 4.48. The van der Waals surface area contributed by atoms with E-state index in [4.69, 9.17) is 9.63 Å². The summed E-state index contributed by atoms with van der Waals surface area (Å²) >= 11 is 0. The van der Waals surface area contributed by atoms with E-state index in [1.807, 2.05) is 0 Å². The Bertz CT molecular complexity index is 174. The number of carboxylic acids is 1. The van der Waals surface area contributed by atoms with Crippen LogP contribution in [-0.2, 0) is 18.7 Å². The molecule has 1 fully saturated rings. The molecule has 0 aromatic heterocycles. The standard InChI is InChI=1S/C4H9O5P/c1-7-10(2,8-9-10)3-4(5)6/h3H2,1-2H3,(H,5,6). The van der Waals surface area contributed by atoms with Gasteiger partial charge >= 0.3 is 57.0 Å². The summed E-state index contributed by atoms with van der Waals surface area (Å²) < 4.78 is 14.0. The second-order valence-electron chi connectivity index (χ2n) is 2.36. The number of carbonyl (C=O) groups is 1. The van der Waals surface area contributed by atoms with Crippen LogP contribution >= 0.6 is 7.28 Å². The Hall–Kier alpha value is -0.220. The Morgan fingerprint density at radius 2 is 2.20 bits per heavy atom. The van der Waals surface area contributed by atoms with Gasteiger partial charge < -0.3 is 0 Å². The Balaban J connectivity index is 2.60. The summed E-state index contributed by atoms with van der Waals surface area (Å²) in [7, 11) is -1.66. The molecular formula is C4H9O5P. The first-order valence-corrected chi connectivity index (χ1v) is 5.29. The molecule has 60 valence electrons. The van der Waals surface area contributed by atoms with Crippen LogP contribution in [0.25, 0.3) is 0 Å². The Kier molecular flexibility index (Phi) is 1.49. The van der Waals surface area contributed by atoms with Crippen molar-refractivity contribution < 1.29 is 23.8 Å². The summed E-state index contributed by atoms with van der Waals surface area (Å²) in [6.07, 6.45) is -0.192. The first-order valence-electron chi connectivity index (χ1n) is 2.67. The molecule has 0 amide bonds. The van der Waals surface area contributed by atoms with Crippen LogP contribution in [0.4, 0.5) is 0 Å². The molecule has 1 heterocycles. The van der Waals surface area contributed by atoms with E-state index in [0.717, 1.165) is 0 Å². The van der Waals surface area contributed by atoms with E-state index in [2.05, 4.69) is 9.35 Å². The van der Waals surface area contributed by atoms with Crippen LogP contribution in [0.3, 0.4) is 0 Å². The molecule has 0 atom stereocenters. The van der Waals surface area contributed by atoms with Crippen molar-refractivity contribution in [2.75, 3.05) is 19.9 Å². The van der Waals surface area contributed by atoms with Gasteiger partial charge in [-0.2, -0.15) is 0 Å². The second-order valence-corrected chi connectivity index (χ2v) is 6.29. The maximum absolute atomic E-state index is 10.2. The number of hydrogen-bond acceptors (Lipinski definition) is 4. The zero-order chi connectivity index (χ0) is 7.85. The molecule has 1 aliphatic heterocycles. The zero-order valence-electron chi connectivity index (χ0n) is 5.73. The molecular weight excluding hydrogens is 159 g/mol. The summed E-state index contributed by atoms with van der Waals surface area (Å²) in [5.74, 6) is -0.973. The molecule has 0 unspecified atom stereocenters. The Morgan fingerprint density at radius 1 is 1.70 bits per heavy atom. The van der Waals surface area contributed by atoms with Crippen LogP contribution in [0.1, 0.15) is 0 Å². The molecule has 0 radical (unpaired) electrons. The molecule has 6 heteroatoms. The van der Waals surface area contributed by atoms with Crippen LogP contribution in [0.2, 0.25) is 0 Å². The maximum atomic E-state index is 10.2. The fourth-order valence-corrected chi connectivity index (χ4v) is 2.07. The van der Waals surface area contributed by atoms with Gasteiger partial charge in [0, 0.05) is 0 Å². The van der Waals surface area contributed by atoms with Crippen molar-refractivity contribution in [3.8, 4) is 0 Å². The van der Waals surface area contributed by atoms with E-state index in [9.17, 15) is 4.79 Å². The van der Waals surface area contributed by atoms with Crippen LogP contribution in [0, 0.1) is 0 Å². The molecule has 0 saturated carbocycles. The predicted molar refractivity (Wildman–Crippen MR) is 34.5 cm³/mol. The average Bonchev–Trinajstić information content (AvgIpc) is 2.45. The molecule has 0 aromatic carbocycles. The molecule has 10 heavy (non-hydrogen) atoms. The molecule has 0 aliphatic carbocycles. The predicted octanol–water partition coefficient (Wildman–Crippen LogP) is 0.607. The molecule has 0 bridgehead atoms. The summed E-state index contributed by atoms with van der Waals surface area (Å²) in [6.45, 7) is 1.56. The van der Waals surface area contributed by atoms with Crippen molar-refractivity contribution in [3.63, 3.8) is 0 Å². The Morgan fingerprint density at radius 3 is 2.30 bits per heavy atom. The third-order valence-corrected chi connectivity index (χ3v) is 4.01. The van der Waals surface area contributed by atoms with Crippen LogP contribution in [0.15, 0.2) is 0 Å². The van der Waals surface area contributed by atoms with Gasteiger partial charge in [0.25, 0.3) is 0 Å². The normalized spacial score (nSPS) is 30.0. The van der Waals surface area contributed by atoms with Gasteiger partial charge in [-0.3, -0.25) is 0 Å². The summed E-state index contributed by atoms with van der Waals surface area (Å²) in [5, 5.41) is 8.38. The van der Waals surface area contributed by atoms with E-state index in [1.54, 1.807) is 6.66 Å². The summed E-state index contributed by atoms with van der Waals surface area (Å²) in [4.78, 5) is 10.2. The van der Waals surface area contributed by atoms with Crippen LogP contribution < -0.4 is 0 Å². The van der Waals surface area contributed by atoms with E-state index in [1.165, 1.54) is 7.11 Å². The van der Waals surface area contributed by atoms with Gasteiger partial charge in [-0.15, -0.1) is 0 Å². The van der Waals surface area contributed by atoms with Crippen LogP contribution in [-0.4, -0.2) is 31.0 Å². The molecule has 1 aliphatic rings. The van der Waals surface area contributed by atoms with Gasteiger partial charge in [0.1, 0.15) is 0 Å². The van der Waals surface area contributed by atoms with Crippen molar-refractivity contribution >= 4 is 13.3 Å². The van der Waals surface area contributed by atoms with Crippen molar-refractivity contribution in [3.05, 3.63) is 0 Å².